The predicted octanol–water partition coefficient (Wildman–Crippen LogP) is 14.3. The second-order valence-electron chi connectivity index (χ2n) is 19.1. The number of aliphatic hydroxyl groups is 2. The third kappa shape index (κ3) is 14.7. The molecule has 2 aliphatic carbocycles. The fraction of sp³-hybridized carbons (Fsp3) is 0.586. The van der Waals surface area contributed by atoms with Crippen molar-refractivity contribution in [2.24, 2.45) is 22.9 Å². The number of aldehydes is 1. The molecule has 0 radical (unpaired) electrons. The van der Waals surface area contributed by atoms with Crippen LogP contribution in [0.1, 0.15) is 169 Å². The van der Waals surface area contributed by atoms with E-state index in [0.717, 1.165) is 78.7 Å². The Kier molecular flexibility index (Phi) is 22.9. The van der Waals surface area contributed by atoms with E-state index in [9.17, 15) is 15.0 Å². The molecule has 0 saturated heterocycles. The smallest absolute Gasteiger partial charge is 0.230 e. The first-order valence-electron chi connectivity index (χ1n) is 26.2. The molecule has 1 fully saturated rings. The molecule has 3 aromatic rings. The van der Waals surface area contributed by atoms with E-state index in [2.05, 4.69) is 37.8 Å². The highest BCUT2D eigenvalue weighted by Crippen LogP contribution is 2.63. The molecule has 372 valence electrons. The van der Waals surface area contributed by atoms with Crippen molar-refractivity contribution >= 4 is 23.8 Å². The number of methoxy groups -OCH3 is 1. The molecule has 6 atom stereocenters. The number of fused-ring (bicyclic) bond motifs is 2. The van der Waals surface area contributed by atoms with Gasteiger partial charge < -0.3 is 34.0 Å². The number of carbonyl (C=O) groups is 1. The van der Waals surface area contributed by atoms with E-state index in [1.807, 2.05) is 54.2 Å². The van der Waals surface area contributed by atoms with E-state index in [-0.39, 0.29) is 42.1 Å². The maximum absolute atomic E-state index is 12.0. The Morgan fingerprint density at radius 3 is 2.13 bits per heavy atom. The maximum atomic E-state index is 12.0. The van der Waals surface area contributed by atoms with Crippen molar-refractivity contribution in [2.45, 2.75) is 165 Å². The second-order valence-corrected chi connectivity index (χ2v) is 20.4. The van der Waals surface area contributed by atoms with Gasteiger partial charge in [-0.3, -0.25) is 4.79 Å². The number of aliphatic hydroxyl groups excluding tert-OH is 2. The summed E-state index contributed by atoms with van der Waals surface area (Å²) < 4.78 is 26.5. The normalized spacial score (nSPS) is 22.1. The molecule has 0 bridgehead atoms. The summed E-state index contributed by atoms with van der Waals surface area (Å²) in [5.41, 5.74) is 4.56. The number of hydrogen-bond acceptors (Lipinski definition) is 10. The van der Waals surface area contributed by atoms with Crippen molar-refractivity contribution in [3.05, 3.63) is 108 Å². The van der Waals surface area contributed by atoms with Crippen LogP contribution in [-0.4, -0.2) is 65.9 Å². The molecular weight excluding hydrogens is 871 g/mol. The lowest BCUT2D eigenvalue weighted by atomic mass is 9.56. The van der Waals surface area contributed by atoms with Crippen LogP contribution in [0, 0.1) is 17.8 Å². The van der Waals surface area contributed by atoms with Crippen molar-refractivity contribution in [3.8, 4) is 23.0 Å². The number of rotatable bonds is 34. The van der Waals surface area contributed by atoms with Gasteiger partial charge in [-0.15, -0.1) is 6.58 Å². The summed E-state index contributed by atoms with van der Waals surface area (Å²) in [4.78, 5) is 18.3. The van der Waals surface area contributed by atoms with E-state index in [1.165, 1.54) is 83.5 Å². The highest BCUT2D eigenvalue weighted by Gasteiger charge is 2.64. The van der Waals surface area contributed by atoms with Crippen LogP contribution >= 0.6 is 11.8 Å². The number of ether oxygens (including phenoxy) is 4. The Hall–Kier alpha value is -4.09. The lowest BCUT2D eigenvalue weighted by molar-refractivity contribution is -0.223. The predicted molar refractivity (Wildman–Crippen MR) is 277 cm³/mol. The topological polar surface area (TPSA) is 116 Å². The quantitative estimate of drug-likeness (QED) is 0.0261. The third-order valence-corrected chi connectivity index (χ3v) is 15.7. The molecule has 0 amide bonds. The van der Waals surface area contributed by atoms with Gasteiger partial charge in [0.25, 0.3) is 0 Å². The molecule has 1 heterocycles. The van der Waals surface area contributed by atoms with E-state index in [4.69, 9.17) is 28.9 Å². The molecule has 68 heavy (non-hydrogen) atoms. The van der Waals surface area contributed by atoms with Gasteiger partial charge in [0.2, 0.25) is 5.79 Å². The number of nitrogens with zero attached hydrogens (tertiary/aromatic N) is 1. The molecule has 0 spiro atoms. The molecule has 6 rings (SSSR count). The van der Waals surface area contributed by atoms with E-state index < -0.39 is 5.79 Å². The number of benzene rings is 3. The van der Waals surface area contributed by atoms with Crippen LogP contribution in [0.2, 0.25) is 0 Å². The van der Waals surface area contributed by atoms with Gasteiger partial charge in [0.05, 0.1) is 36.2 Å². The molecular formula is C58H81NO8S. The zero-order chi connectivity index (χ0) is 47.8. The minimum atomic E-state index is -1.03. The summed E-state index contributed by atoms with van der Waals surface area (Å²) in [5, 5.41) is 24.9. The highest BCUT2D eigenvalue weighted by molar-refractivity contribution is 8.00. The Morgan fingerprint density at radius 2 is 1.47 bits per heavy atom. The van der Waals surface area contributed by atoms with Gasteiger partial charge >= 0.3 is 0 Å². The van der Waals surface area contributed by atoms with E-state index >= 15 is 0 Å². The van der Waals surface area contributed by atoms with Crippen LogP contribution in [0.4, 0.5) is 0 Å². The Labute approximate surface area is 412 Å². The Bertz CT molecular complexity index is 2020. The number of carbonyl (C=O) groups excluding carboxylic acids is 1. The molecule has 2 N–H and O–H groups in total. The number of thioether (sulfide) groups is 1. The molecule has 9 nitrogen and oxygen atoms in total. The average molecular weight is 952 g/mol. The first-order valence-corrected chi connectivity index (χ1v) is 27.2. The largest absolute Gasteiger partial charge is 0.496 e. The van der Waals surface area contributed by atoms with Gasteiger partial charge in [0.15, 0.2) is 6.29 Å². The first kappa shape index (κ1) is 53.3. The van der Waals surface area contributed by atoms with Crippen molar-refractivity contribution in [2.75, 3.05) is 32.7 Å². The van der Waals surface area contributed by atoms with Gasteiger partial charge in [0, 0.05) is 31.1 Å². The van der Waals surface area contributed by atoms with Crippen LogP contribution in [0.25, 0.3) is 0 Å². The number of unbranched alkanes of at least 4 members (excludes halogenated alkanes) is 15. The number of oxime groups is 1. The van der Waals surface area contributed by atoms with Crippen molar-refractivity contribution in [3.63, 3.8) is 0 Å². The second kappa shape index (κ2) is 29.2. The molecule has 1 saturated carbocycles. The lowest BCUT2D eigenvalue weighted by Gasteiger charge is -2.58. The SMILES string of the molecule is C=CCOC12Oc3ccc(Oc4ccc(OC)c(C=O)c4)cc3C3C(CCCCO)C(CCCCO)C=C(C(=NOCc4ccccc4)CC1SCCCCCCCCCCCCCCCC)C32. The summed E-state index contributed by atoms with van der Waals surface area (Å²) in [6, 6.07) is 21.5. The third-order valence-electron chi connectivity index (χ3n) is 14.3. The number of hydrogen-bond donors (Lipinski definition) is 2. The fourth-order valence-corrected chi connectivity index (χ4v) is 12.3. The molecule has 0 aromatic heterocycles. The molecule has 1 aliphatic heterocycles. The lowest BCUT2D eigenvalue weighted by Crippen LogP contribution is -2.64. The maximum Gasteiger partial charge on any atom is 0.230 e. The van der Waals surface area contributed by atoms with Crippen molar-refractivity contribution in [1.82, 2.24) is 0 Å². The van der Waals surface area contributed by atoms with Gasteiger partial charge in [-0.2, -0.15) is 11.8 Å². The van der Waals surface area contributed by atoms with Gasteiger partial charge in [-0.1, -0.05) is 151 Å². The monoisotopic (exact) mass is 952 g/mol. The summed E-state index contributed by atoms with van der Waals surface area (Å²) in [6.07, 6.45) is 29.2. The van der Waals surface area contributed by atoms with Gasteiger partial charge in [-0.25, -0.2) is 0 Å². The summed E-state index contributed by atoms with van der Waals surface area (Å²) >= 11 is 1.94. The van der Waals surface area contributed by atoms with Crippen LogP contribution in [0.15, 0.2) is 96.2 Å². The summed E-state index contributed by atoms with van der Waals surface area (Å²) in [5.74, 6) is 2.42. The zero-order valence-electron chi connectivity index (χ0n) is 41.3. The zero-order valence-corrected chi connectivity index (χ0v) is 42.1. The van der Waals surface area contributed by atoms with Gasteiger partial charge in [0.1, 0.15) is 29.6 Å². The summed E-state index contributed by atoms with van der Waals surface area (Å²) in [7, 11) is 1.55. The summed E-state index contributed by atoms with van der Waals surface area (Å²) in [6.45, 7) is 7.37. The minimum absolute atomic E-state index is 0.0601. The average Bonchev–Trinajstić information content (AvgIpc) is 3.36. The van der Waals surface area contributed by atoms with Crippen molar-refractivity contribution < 1.29 is 38.8 Å². The van der Waals surface area contributed by atoms with Gasteiger partial charge in [-0.05, 0) is 97.2 Å². The van der Waals surface area contributed by atoms with Crippen LogP contribution in [0.5, 0.6) is 23.0 Å². The van der Waals surface area contributed by atoms with Crippen LogP contribution in [-0.2, 0) is 16.2 Å². The minimum Gasteiger partial charge on any atom is -0.496 e. The highest BCUT2D eigenvalue weighted by atomic mass is 32.2. The van der Waals surface area contributed by atoms with E-state index in [0.29, 0.717) is 48.9 Å². The Balaban J connectivity index is 1.31. The first-order chi connectivity index (χ1) is 33.5. The molecule has 3 aromatic carbocycles. The fourth-order valence-electron chi connectivity index (χ4n) is 10.8. The molecule has 10 heteroatoms. The van der Waals surface area contributed by atoms with Crippen LogP contribution in [0.3, 0.4) is 0 Å². The van der Waals surface area contributed by atoms with E-state index in [1.54, 1.807) is 19.2 Å². The Morgan fingerprint density at radius 1 is 0.809 bits per heavy atom. The molecule has 6 unspecified atom stereocenters. The number of allylic oxidation sites excluding steroid dienone is 1. The van der Waals surface area contributed by atoms with Crippen LogP contribution < -0.4 is 14.2 Å². The molecule has 3 aliphatic rings. The standard InChI is InChI=1S/C58H81NO8S/c1-4-6-7-8-9-10-11-12-13-14-15-16-17-25-37-68-55-41-52(59-65-43-44-26-19-18-20-27-44)50-39-45(28-21-23-34-60)49(29-22-24-35-61)56-51-40-48(66-47-30-32-53(63-3)46(38-47)42-62)31-33-54(51)67-58(55,57(50)56)64-36-5-2/h5,18-20,26-27,30-33,38-40,42,45,49,55-57,60-61H,2,4,6-17,21-25,28-29,34-37,41,43H2,1,3H3. The van der Waals surface area contributed by atoms with Crippen molar-refractivity contribution in [1.29, 1.82) is 0 Å².